The molecule has 9 heteroatoms. The average molecular weight is 438 g/mol. The van der Waals surface area contributed by atoms with Gasteiger partial charge in [-0.15, -0.1) is 0 Å². The Morgan fingerprint density at radius 2 is 2.15 bits per heavy atom. The second kappa shape index (κ2) is 8.51. The first-order valence-corrected chi connectivity index (χ1v) is 9.53. The van der Waals surface area contributed by atoms with Crippen LogP contribution in [0.25, 0.3) is 0 Å². The van der Waals surface area contributed by atoms with E-state index < -0.39 is 5.82 Å². The molecule has 27 heavy (non-hydrogen) atoms. The summed E-state index contributed by atoms with van der Waals surface area (Å²) in [5, 5.41) is 2.92. The van der Waals surface area contributed by atoms with Gasteiger partial charge in [0.25, 0.3) is 0 Å². The number of hydrogen-bond acceptors (Lipinski definition) is 7. The van der Waals surface area contributed by atoms with E-state index in [2.05, 4.69) is 31.2 Å². The molecule has 2 heterocycles. The molecule has 144 valence electrons. The predicted molar refractivity (Wildman–Crippen MR) is 105 cm³/mol. The lowest BCUT2D eigenvalue weighted by atomic mass is 9.97. The predicted octanol–water partition coefficient (Wildman–Crippen LogP) is 3.48. The number of benzene rings is 1. The minimum Gasteiger partial charge on any atom is -0.466 e. The van der Waals surface area contributed by atoms with Crippen LogP contribution in [-0.2, 0) is 9.53 Å². The summed E-state index contributed by atoms with van der Waals surface area (Å²) in [6.45, 7) is 3.46. The van der Waals surface area contributed by atoms with Gasteiger partial charge in [0, 0.05) is 17.6 Å². The van der Waals surface area contributed by atoms with Gasteiger partial charge < -0.3 is 20.7 Å². The normalized spacial score (nSPS) is 14.9. The van der Waals surface area contributed by atoms with Crippen molar-refractivity contribution in [2.24, 2.45) is 5.92 Å². The second-order valence-electron chi connectivity index (χ2n) is 6.22. The van der Waals surface area contributed by atoms with Gasteiger partial charge in [0.1, 0.15) is 17.8 Å². The summed E-state index contributed by atoms with van der Waals surface area (Å²) in [7, 11) is 0. The van der Waals surface area contributed by atoms with Gasteiger partial charge in [0.2, 0.25) is 0 Å². The SMILES string of the molecule is CCOC(=O)C1CCN(c2ncnc(Nc3ccc(Br)cc3F)c2N)CC1. The Bertz CT molecular complexity index is 827. The van der Waals surface area contributed by atoms with Gasteiger partial charge in [-0.25, -0.2) is 14.4 Å². The number of nitrogens with one attached hydrogen (secondary N) is 1. The van der Waals surface area contributed by atoms with Crippen LogP contribution in [0.4, 0.5) is 27.4 Å². The van der Waals surface area contributed by atoms with Crippen LogP contribution in [0.3, 0.4) is 0 Å². The Hall–Kier alpha value is -2.42. The Kier molecular flexibility index (Phi) is 6.10. The molecule has 0 aliphatic carbocycles. The third-order valence-corrected chi connectivity index (χ3v) is 4.95. The van der Waals surface area contributed by atoms with Crippen molar-refractivity contribution >= 4 is 44.9 Å². The van der Waals surface area contributed by atoms with Crippen molar-refractivity contribution in [2.45, 2.75) is 19.8 Å². The number of carbonyl (C=O) groups excluding carboxylic acids is 1. The maximum absolute atomic E-state index is 14.1. The topological polar surface area (TPSA) is 93.4 Å². The molecule has 0 amide bonds. The highest BCUT2D eigenvalue weighted by Crippen LogP contribution is 2.32. The van der Waals surface area contributed by atoms with Crippen molar-refractivity contribution in [3.8, 4) is 0 Å². The first-order chi connectivity index (χ1) is 13.0. The number of nitrogens with zero attached hydrogens (tertiary/aromatic N) is 3. The number of rotatable bonds is 5. The van der Waals surface area contributed by atoms with Gasteiger partial charge >= 0.3 is 5.97 Å². The molecule has 1 saturated heterocycles. The van der Waals surface area contributed by atoms with Crippen LogP contribution >= 0.6 is 15.9 Å². The first kappa shape index (κ1) is 19.3. The summed E-state index contributed by atoms with van der Waals surface area (Å²) >= 11 is 3.23. The summed E-state index contributed by atoms with van der Waals surface area (Å²) in [5.74, 6) is 0.250. The van der Waals surface area contributed by atoms with Gasteiger partial charge in [-0.1, -0.05) is 15.9 Å². The summed E-state index contributed by atoms with van der Waals surface area (Å²) in [4.78, 5) is 22.3. The lowest BCUT2D eigenvalue weighted by Crippen LogP contribution is -2.37. The molecule has 7 nitrogen and oxygen atoms in total. The number of piperidine rings is 1. The molecule has 0 saturated carbocycles. The second-order valence-corrected chi connectivity index (χ2v) is 7.14. The van der Waals surface area contributed by atoms with E-state index in [0.29, 0.717) is 54.3 Å². The molecule has 0 bridgehead atoms. The average Bonchev–Trinajstić information content (AvgIpc) is 2.66. The molecule has 3 N–H and O–H groups in total. The molecule has 0 spiro atoms. The van der Waals surface area contributed by atoms with Crippen LogP contribution in [0.2, 0.25) is 0 Å². The summed E-state index contributed by atoms with van der Waals surface area (Å²) in [6.07, 6.45) is 2.74. The van der Waals surface area contributed by atoms with Crippen molar-refractivity contribution in [1.29, 1.82) is 0 Å². The number of halogens is 2. The van der Waals surface area contributed by atoms with Crippen molar-refractivity contribution < 1.29 is 13.9 Å². The van der Waals surface area contributed by atoms with Crippen molar-refractivity contribution in [2.75, 3.05) is 35.6 Å². The highest BCUT2D eigenvalue weighted by molar-refractivity contribution is 9.10. The lowest BCUT2D eigenvalue weighted by molar-refractivity contribution is -0.148. The Labute approximate surface area is 165 Å². The molecular weight excluding hydrogens is 417 g/mol. The first-order valence-electron chi connectivity index (χ1n) is 8.73. The van der Waals surface area contributed by atoms with Crippen molar-refractivity contribution in [3.05, 3.63) is 34.8 Å². The Morgan fingerprint density at radius 1 is 1.41 bits per heavy atom. The number of nitrogen functional groups attached to an aromatic ring is 1. The molecule has 1 aromatic heterocycles. The van der Waals surface area contributed by atoms with Crippen LogP contribution in [-0.4, -0.2) is 35.6 Å². The van der Waals surface area contributed by atoms with Crippen molar-refractivity contribution in [1.82, 2.24) is 9.97 Å². The molecule has 1 fully saturated rings. The lowest BCUT2D eigenvalue weighted by Gasteiger charge is -2.32. The monoisotopic (exact) mass is 437 g/mol. The summed E-state index contributed by atoms with van der Waals surface area (Å²) in [6, 6.07) is 4.69. The van der Waals surface area contributed by atoms with E-state index in [1.165, 1.54) is 12.4 Å². The van der Waals surface area contributed by atoms with E-state index in [4.69, 9.17) is 10.5 Å². The van der Waals surface area contributed by atoms with E-state index in [0.717, 1.165) is 0 Å². The largest absolute Gasteiger partial charge is 0.466 e. The van der Waals surface area contributed by atoms with E-state index >= 15 is 0 Å². The van der Waals surface area contributed by atoms with Crippen LogP contribution in [0, 0.1) is 11.7 Å². The maximum atomic E-state index is 14.1. The van der Waals surface area contributed by atoms with Gasteiger partial charge in [0.05, 0.1) is 18.2 Å². The van der Waals surface area contributed by atoms with Crippen LogP contribution in [0.5, 0.6) is 0 Å². The van der Waals surface area contributed by atoms with Crippen LogP contribution in [0.1, 0.15) is 19.8 Å². The smallest absolute Gasteiger partial charge is 0.309 e. The zero-order chi connectivity index (χ0) is 19.4. The standard InChI is InChI=1S/C18H21BrFN5O2/c1-2-27-18(26)11-5-7-25(8-6-11)17-15(21)16(22-10-23-17)24-14-4-3-12(19)9-13(14)20/h3-4,9-11H,2,5-8,21H2,1H3,(H,22,23,24). The molecule has 1 aromatic carbocycles. The third kappa shape index (κ3) is 4.47. The third-order valence-electron chi connectivity index (χ3n) is 4.46. The molecule has 0 radical (unpaired) electrons. The quantitative estimate of drug-likeness (QED) is 0.691. The molecule has 0 unspecified atom stereocenters. The molecule has 1 aliphatic rings. The number of ether oxygens (including phenoxy) is 1. The number of nitrogens with two attached hydrogens (primary N) is 1. The minimum atomic E-state index is -0.417. The molecular formula is C18H21BrFN5O2. The Balaban J connectivity index is 1.73. The van der Waals surface area contributed by atoms with Crippen LogP contribution < -0.4 is 16.0 Å². The Morgan fingerprint density at radius 3 is 2.81 bits per heavy atom. The number of esters is 1. The van der Waals surface area contributed by atoms with Crippen LogP contribution in [0.15, 0.2) is 29.0 Å². The van der Waals surface area contributed by atoms with Gasteiger partial charge in [-0.3, -0.25) is 4.79 Å². The molecule has 2 aromatic rings. The number of carbonyl (C=O) groups is 1. The van der Waals surface area contributed by atoms with Gasteiger partial charge in [-0.2, -0.15) is 0 Å². The van der Waals surface area contributed by atoms with Gasteiger partial charge in [0.15, 0.2) is 11.6 Å². The van der Waals surface area contributed by atoms with Gasteiger partial charge in [-0.05, 0) is 38.0 Å². The number of hydrogen-bond donors (Lipinski definition) is 2. The summed E-state index contributed by atoms with van der Waals surface area (Å²) in [5.41, 5.74) is 6.85. The number of anilines is 4. The zero-order valence-electron chi connectivity index (χ0n) is 14.9. The molecule has 1 aliphatic heterocycles. The molecule has 0 atom stereocenters. The van der Waals surface area contributed by atoms with E-state index in [1.807, 2.05) is 4.90 Å². The highest BCUT2D eigenvalue weighted by Gasteiger charge is 2.28. The number of aromatic nitrogens is 2. The molecule has 3 rings (SSSR count). The highest BCUT2D eigenvalue weighted by atomic mass is 79.9. The maximum Gasteiger partial charge on any atom is 0.309 e. The fourth-order valence-corrected chi connectivity index (χ4v) is 3.38. The van der Waals surface area contributed by atoms with Crippen molar-refractivity contribution in [3.63, 3.8) is 0 Å². The van der Waals surface area contributed by atoms with E-state index in [-0.39, 0.29) is 17.6 Å². The summed E-state index contributed by atoms with van der Waals surface area (Å²) < 4.78 is 19.8. The van der Waals surface area contributed by atoms with E-state index in [1.54, 1.807) is 19.1 Å². The minimum absolute atomic E-state index is 0.0984. The zero-order valence-corrected chi connectivity index (χ0v) is 16.5. The fourth-order valence-electron chi connectivity index (χ4n) is 3.04. The van der Waals surface area contributed by atoms with E-state index in [9.17, 15) is 9.18 Å². The fraction of sp³-hybridized carbons (Fsp3) is 0.389.